The van der Waals surface area contributed by atoms with Gasteiger partial charge in [0.05, 0.1) is 32.3 Å². The molecule has 2 heterocycles. The standard InChI is InChI=1S/C19H10Cl2F3N5O3S/c20-8-2-1-3-9(21)12(8)27-18-26-10-6-7(17(31)32)4-5-11(10)29(18)16-13(19(22,23)24)28-15(33-16)14(25)30/h1-6H,(H2,25,30)(H,26,27)(H,31,32). The molecule has 0 bridgehead atoms. The minimum absolute atomic E-state index is 0.0581. The number of nitrogens with two attached hydrogens (primary N) is 1. The summed E-state index contributed by atoms with van der Waals surface area (Å²) in [5.74, 6) is -2.56. The van der Waals surface area contributed by atoms with E-state index in [9.17, 15) is 27.9 Å². The number of primary amides is 1. The third kappa shape index (κ3) is 4.19. The number of halogens is 5. The number of benzene rings is 2. The number of carboxylic acids is 1. The molecule has 4 aromatic rings. The molecule has 4 rings (SSSR count). The Morgan fingerprint density at radius 2 is 1.79 bits per heavy atom. The zero-order valence-corrected chi connectivity index (χ0v) is 18.3. The van der Waals surface area contributed by atoms with Crippen LogP contribution in [-0.4, -0.2) is 31.5 Å². The second kappa shape index (κ2) is 8.21. The number of carbonyl (C=O) groups excluding carboxylic acids is 1. The first-order valence-corrected chi connectivity index (χ1v) is 10.4. The Balaban J connectivity index is 2.04. The predicted octanol–water partition coefficient (Wildman–Crippen LogP) is 5.35. The maximum Gasteiger partial charge on any atom is 0.436 e. The summed E-state index contributed by atoms with van der Waals surface area (Å²) >= 11 is 12.8. The summed E-state index contributed by atoms with van der Waals surface area (Å²) in [6.07, 6.45) is -4.93. The quantitative estimate of drug-likeness (QED) is 0.329. The second-order valence-corrected chi connectivity index (χ2v) is 8.33. The molecular weight excluding hydrogens is 506 g/mol. The number of aromatic nitrogens is 3. The second-order valence-electron chi connectivity index (χ2n) is 6.54. The van der Waals surface area contributed by atoms with E-state index in [-0.39, 0.29) is 38.3 Å². The lowest BCUT2D eigenvalue weighted by Gasteiger charge is -2.13. The lowest BCUT2D eigenvalue weighted by atomic mass is 10.2. The summed E-state index contributed by atoms with van der Waals surface area (Å²) < 4.78 is 42.4. The molecule has 1 amide bonds. The number of alkyl halides is 3. The molecular formula is C19H10Cl2F3N5O3S. The maximum atomic E-state index is 13.8. The highest BCUT2D eigenvalue weighted by atomic mass is 35.5. The van der Waals surface area contributed by atoms with Crippen LogP contribution in [-0.2, 0) is 6.18 Å². The van der Waals surface area contributed by atoms with Crippen LogP contribution in [0.1, 0.15) is 25.9 Å². The number of carboxylic acid groups (broad SMARTS) is 1. The van der Waals surface area contributed by atoms with Crippen molar-refractivity contribution in [3.05, 3.63) is 62.7 Å². The van der Waals surface area contributed by atoms with Crippen molar-refractivity contribution in [3.8, 4) is 5.00 Å². The molecule has 0 unspecified atom stereocenters. The Morgan fingerprint density at radius 1 is 1.12 bits per heavy atom. The zero-order chi connectivity index (χ0) is 24.1. The molecule has 0 radical (unpaired) electrons. The Hall–Kier alpha value is -3.35. The number of rotatable bonds is 5. The van der Waals surface area contributed by atoms with Crippen LogP contribution in [0.3, 0.4) is 0 Å². The van der Waals surface area contributed by atoms with E-state index in [1.54, 1.807) is 6.07 Å². The van der Waals surface area contributed by atoms with Crippen LogP contribution < -0.4 is 11.1 Å². The molecule has 0 spiro atoms. The minimum Gasteiger partial charge on any atom is -0.478 e. The number of nitrogens with zero attached hydrogens (tertiary/aromatic N) is 3. The van der Waals surface area contributed by atoms with Gasteiger partial charge in [0.1, 0.15) is 5.00 Å². The van der Waals surface area contributed by atoms with Gasteiger partial charge in [-0.2, -0.15) is 13.2 Å². The number of amides is 1. The van der Waals surface area contributed by atoms with Crippen LogP contribution in [0, 0.1) is 0 Å². The molecule has 8 nitrogen and oxygen atoms in total. The van der Waals surface area contributed by atoms with Gasteiger partial charge in [-0.1, -0.05) is 40.6 Å². The van der Waals surface area contributed by atoms with Gasteiger partial charge in [0.25, 0.3) is 5.91 Å². The number of imidazole rings is 1. The van der Waals surface area contributed by atoms with Gasteiger partial charge in [0.15, 0.2) is 10.7 Å². The van der Waals surface area contributed by atoms with Crippen molar-refractivity contribution in [2.24, 2.45) is 5.73 Å². The lowest BCUT2D eigenvalue weighted by Crippen LogP contribution is -2.13. The highest BCUT2D eigenvalue weighted by molar-refractivity contribution is 7.16. The molecule has 2 aromatic heterocycles. The molecule has 0 aliphatic heterocycles. The molecule has 14 heteroatoms. The summed E-state index contributed by atoms with van der Waals surface area (Å²) in [4.78, 5) is 30.6. The molecule has 170 valence electrons. The van der Waals surface area contributed by atoms with Crippen LogP contribution in [0.2, 0.25) is 10.0 Å². The van der Waals surface area contributed by atoms with Crippen molar-refractivity contribution in [2.75, 3.05) is 5.32 Å². The minimum atomic E-state index is -4.93. The van der Waals surface area contributed by atoms with Crippen LogP contribution >= 0.6 is 34.5 Å². The van der Waals surface area contributed by atoms with Gasteiger partial charge in [0, 0.05) is 0 Å². The van der Waals surface area contributed by atoms with E-state index in [1.165, 1.54) is 30.3 Å². The summed E-state index contributed by atoms with van der Waals surface area (Å²) in [5.41, 5.74) is 3.99. The number of hydrogen-bond acceptors (Lipinski definition) is 6. The van der Waals surface area contributed by atoms with Crippen molar-refractivity contribution >= 4 is 69.1 Å². The van der Waals surface area contributed by atoms with Gasteiger partial charge in [-0.25, -0.2) is 14.8 Å². The number of carbonyl (C=O) groups is 2. The number of thiazole rings is 1. The topological polar surface area (TPSA) is 123 Å². The number of para-hydroxylation sites is 1. The largest absolute Gasteiger partial charge is 0.478 e. The van der Waals surface area contributed by atoms with E-state index in [1.807, 2.05) is 0 Å². The van der Waals surface area contributed by atoms with Gasteiger partial charge < -0.3 is 16.2 Å². The fourth-order valence-electron chi connectivity index (χ4n) is 2.99. The number of aromatic carboxylic acids is 1. The predicted molar refractivity (Wildman–Crippen MR) is 117 cm³/mol. The fraction of sp³-hybridized carbons (Fsp3) is 0.0526. The van der Waals surface area contributed by atoms with E-state index in [4.69, 9.17) is 28.9 Å². The van der Waals surface area contributed by atoms with Gasteiger partial charge in [-0.05, 0) is 30.3 Å². The Morgan fingerprint density at radius 3 is 2.36 bits per heavy atom. The summed E-state index contributed by atoms with van der Waals surface area (Å²) in [5, 5.41) is 11.3. The Bertz CT molecular complexity index is 1410. The molecule has 0 aliphatic carbocycles. The number of nitrogens with one attached hydrogen (secondary N) is 1. The Labute approximate surface area is 196 Å². The monoisotopic (exact) mass is 515 g/mol. The lowest BCUT2D eigenvalue weighted by molar-refractivity contribution is -0.140. The first-order valence-electron chi connectivity index (χ1n) is 8.82. The summed E-state index contributed by atoms with van der Waals surface area (Å²) in [6.45, 7) is 0. The zero-order valence-electron chi connectivity index (χ0n) is 15.9. The molecule has 2 aromatic carbocycles. The molecule has 0 saturated carbocycles. The summed E-state index contributed by atoms with van der Waals surface area (Å²) in [6, 6.07) is 8.26. The first-order chi connectivity index (χ1) is 15.5. The normalized spacial score (nSPS) is 11.7. The van der Waals surface area contributed by atoms with Crippen LogP contribution in [0.25, 0.3) is 16.0 Å². The van der Waals surface area contributed by atoms with Gasteiger partial charge in [0.2, 0.25) is 5.95 Å². The highest BCUT2D eigenvalue weighted by Crippen LogP contribution is 2.41. The van der Waals surface area contributed by atoms with Gasteiger partial charge >= 0.3 is 12.1 Å². The van der Waals surface area contributed by atoms with E-state index < -0.39 is 33.8 Å². The third-order valence-electron chi connectivity index (χ3n) is 4.39. The number of hydrogen-bond donors (Lipinski definition) is 3. The Kier molecular flexibility index (Phi) is 5.68. The smallest absolute Gasteiger partial charge is 0.436 e. The summed E-state index contributed by atoms with van der Waals surface area (Å²) in [7, 11) is 0. The molecule has 4 N–H and O–H groups in total. The molecule has 33 heavy (non-hydrogen) atoms. The number of fused-ring (bicyclic) bond motifs is 1. The first kappa shape index (κ1) is 22.8. The third-order valence-corrected chi connectivity index (χ3v) is 6.08. The molecule has 0 aliphatic rings. The van der Waals surface area contributed by atoms with Crippen molar-refractivity contribution in [1.29, 1.82) is 0 Å². The van der Waals surface area contributed by atoms with Crippen molar-refractivity contribution in [3.63, 3.8) is 0 Å². The number of anilines is 2. The fourth-order valence-corrected chi connectivity index (χ4v) is 4.43. The average molecular weight is 516 g/mol. The van der Waals surface area contributed by atoms with Crippen LogP contribution in [0.15, 0.2) is 36.4 Å². The van der Waals surface area contributed by atoms with Crippen molar-refractivity contribution < 1.29 is 27.9 Å². The van der Waals surface area contributed by atoms with Crippen LogP contribution in [0.5, 0.6) is 0 Å². The van der Waals surface area contributed by atoms with E-state index in [0.717, 1.165) is 4.57 Å². The van der Waals surface area contributed by atoms with E-state index in [2.05, 4.69) is 15.3 Å². The molecule has 0 atom stereocenters. The van der Waals surface area contributed by atoms with E-state index in [0.29, 0.717) is 11.3 Å². The van der Waals surface area contributed by atoms with Crippen molar-refractivity contribution in [1.82, 2.24) is 14.5 Å². The van der Waals surface area contributed by atoms with Gasteiger partial charge in [-0.3, -0.25) is 9.36 Å². The maximum absolute atomic E-state index is 13.8. The SMILES string of the molecule is NC(=O)c1nc(C(F)(F)F)c(-n2c(Nc3c(Cl)cccc3Cl)nc3cc(C(=O)O)ccc32)s1. The van der Waals surface area contributed by atoms with Crippen LogP contribution in [0.4, 0.5) is 24.8 Å². The average Bonchev–Trinajstić information content (AvgIpc) is 3.31. The van der Waals surface area contributed by atoms with E-state index >= 15 is 0 Å². The molecule has 0 saturated heterocycles. The highest BCUT2D eigenvalue weighted by Gasteiger charge is 2.40. The van der Waals surface area contributed by atoms with Gasteiger partial charge in [-0.15, -0.1) is 0 Å². The molecule has 0 fully saturated rings. The van der Waals surface area contributed by atoms with Crippen molar-refractivity contribution in [2.45, 2.75) is 6.18 Å².